The maximum atomic E-state index is 8.54. The van der Waals surface area contributed by atoms with E-state index < -0.39 is 0 Å². The van der Waals surface area contributed by atoms with Gasteiger partial charge in [0.05, 0.1) is 6.42 Å². The first kappa shape index (κ1) is 8.27. The Morgan fingerprint density at radius 3 is 2.54 bits per heavy atom. The van der Waals surface area contributed by atoms with Crippen LogP contribution in [0.1, 0.15) is 19.3 Å². The van der Waals surface area contributed by atoms with Gasteiger partial charge in [0.15, 0.2) is 0 Å². The molecule has 2 rings (SSSR count). The zero-order chi connectivity index (χ0) is 9.10. The lowest BCUT2D eigenvalue weighted by molar-refractivity contribution is -0.00546. The van der Waals surface area contributed by atoms with Gasteiger partial charge >= 0.3 is 0 Å². The first-order valence-corrected chi connectivity index (χ1v) is 4.74. The highest BCUT2D eigenvalue weighted by molar-refractivity contribution is 5.92. The van der Waals surface area contributed by atoms with E-state index in [1.54, 1.807) is 0 Å². The maximum absolute atomic E-state index is 8.54. The second-order valence-electron chi connectivity index (χ2n) is 3.45. The van der Waals surface area contributed by atoms with Gasteiger partial charge in [0.25, 0.3) is 5.71 Å². The average Bonchev–Trinajstić information content (AvgIpc) is 2.71. The third-order valence-corrected chi connectivity index (χ3v) is 2.57. The molecule has 1 aliphatic heterocycles. The zero-order valence-electron chi connectivity index (χ0n) is 7.61. The van der Waals surface area contributed by atoms with E-state index in [2.05, 4.69) is 15.8 Å². The Labute approximate surface area is 78.0 Å². The largest absolute Gasteiger partial charge is 0.372 e. The highest BCUT2D eigenvalue weighted by atomic mass is 15.1. The summed E-state index contributed by atoms with van der Waals surface area (Å²) in [4.78, 5) is 5.55. The molecule has 2 aliphatic rings. The molecule has 0 amide bonds. The van der Waals surface area contributed by atoms with Crippen LogP contribution in [0.5, 0.6) is 0 Å². The molecule has 0 aromatic carbocycles. The summed E-state index contributed by atoms with van der Waals surface area (Å²) in [6, 6.07) is 0. The van der Waals surface area contributed by atoms with Gasteiger partial charge in [-0.15, -0.1) is 0 Å². The Morgan fingerprint density at radius 2 is 2.00 bits per heavy atom. The summed E-state index contributed by atoms with van der Waals surface area (Å²) in [5.41, 5.74) is 10.6. The smallest absolute Gasteiger partial charge is 0.295 e. The number of allylic oxidation sites excluding steroid dienone is 3. The Morgan fingerprint density at radius 1 is 1.23 bits per heavy atom. The molecular formula is C10H13N3. The third-order valence-electron chi connectivity index (χ3n) is 2.57. The van der Waals surface area contributed by atoms with Crippen LogP contribution in [0.2, 0.25) is 0 Å². The molecule has 0 saturated carbocycles. The van der Waals surface area contributed by atoms with Crippen molar-refractivity contribution in [2.24, 2.45) is 0 Å². The lowest BCUT2D eigenvalue weighted by Gasteiger charge is -2.19. The highest BCUT2D eigenvalue weighted by Gasteiger charge is 2.16. The third kappa shape index (κ3) is 1.70. The van der Waals surface area contributed by atoms with Crippen LogP contribution in [-0.4, -0.2) is 28.5 Å². The molecule has 0 radical (unpaired) electrons. The Balaban J connectivity index is 2.07. The van der Waals surface area contributed by atoms with Crippen molar-refractivity contribution >= 4 is 5.71 Å². The molecule has 0 unspecified atom stereocenters. The standard InChI is InChI=1S/C10H13N3/c11-12-9-3-5-10(6-4-9)13-7-1-2-8-13/h3,5-6H,1-2,4,7-8H2. The van der Waals surface area contributed by atoms with Crippen molar-refractivity contribution in [3.63, 3.8) is 0 Å². The molecule has 0 aromatic heterocycles. The maximum Gasteiger partial charge on any atom is 0.295 e. The lowest BCUT2D eigenvalue weighted by Crippen LogP contribution is -2.19. The van der Waals surface area contributed by atoms with E-state index in [1.165, 1.54) is 31.6 Å². The minimum absolute atomic E-state index is 0.739. The van der Waals surface area contributed by atoms with Crippen LogP contribution in [-0.2, 0) is 0 Å². The average molecular weight is 175 g/mol. The molecule has 13 heavy (non-hydrogen) atoms. The van der Waals surface area contributed by atoms with Gasteiger partial charge in [-0.1, -0.05) is 0 Å². The van der Waals surface area contributed by atoms with Gasteiger partial charge < -0.3 is 10.4 Å². The SMILES string of the molecule is [N-]=[N+]=C1C=CC(N2CCCC2)=CC1. The summed E-state index contributed by atoms with van der Waals surface area (Å²) >= 11 is 0. The van der Waals surface area contributed by atoms with Gasteiger partial charge in [-0.05, 0) is 25.0 Å². The van der Waals surface area contributed by atoms with Gasteiger partial charge in [-0.3, -0.25) is 0 Å². The van der Waals surface area contributed by atoms with Gasteiger partial charge in [0.1, 0.15) is 0 Å². The Kier molecular flexibility index (Phi) is 2.28. The van der Waals surface area contributed by atoms with E-state index in [1.807, 2.05) is 12.2 Å². The molecule has 0 aromatic rings. The predicted octanol–water partition coefficient (Wildman–Crippen LogP) is 1.60. The monoisotopic (exact) mass is 175 g/mol. The molecule has 3 nitrogen and oxygen atoms in total. The van der Waals surface area contributed by atoms with Crippen LogP contribution in [0, 0.1) is 0 Å². The van der Waals surface area contributed by atoms with Crippen molar-refractivity contribution < 1.29 is 4.79 Å². The fraction of sp³-hybridized carbons (Fsp3) is 0.500. The highest BCUT2D eigenvalue weighted by Crippen LogP contribution is 2.18. The molecule has 1 saturated heterocycles. The minimum atomic E-state index is 0.739. The van der Waals surface area contributed by atoms with Crippen molar-refractivity contribution in [1.29, 1.82) is 0 Å². The first-order valence-electron chi connectivity index (χ1n) is 4.74. The van der Waals surface area contributed by atoms with Gasteiger partial charge in [-0.2, -0.15) is 4.79 Å². The van der Waals surface area contributed by atoms with Gasteiger partial charge in [-0.25, -0.2) is 0 Å². The summed E-state index contributed by atoms with van der Waals surface area (Å²) in [5.74, 6) is 0. The fourth-order valence-electron chi connectivity index (χ4n) is 1.81. The van der Waals surface area contributed by atoms with Crippen LogP contribution in [0.25, 0.3) is 5.53 Å². The summed E-state index contributed by atoms with van der Waals surface area (Å²) in [7, 11) is 0. The Bertz CT molecular complexity index is 302. The van der Waals surface area contributed by atoms with Crippen LogP contribution in [0.3, 0.4) is 0 Å². The number of nitrogens with zero attached hydrogens (tertiary/aromatic N) is 3. The van der Waals surface area contributed by atoms with Crippen molar-refractivity contribution in [2.75, 3.05) is 13.1 Å². The molecule has 68 valence electrons. The van der Waals surface area contributed by atoms with Crippen LogP contribution < -0.4 is 0 Å². The van der Waals surface area contributed by atoms with Crippen LogP contribution in [0.4, 0.5) is 0 Å². The van der Waals surface area contributed by atoms with Gasteiger partial charge in [0, 0.05) is 24.9 Å². The van der Waals surface area contributed by atoms with Gasteiger partial charge in [0.2, 0.25) is 0 Å². The normalized spacial score (nSPS) is 21.7. The summed E-state index contributed by atoms with van der Waals surface area (Å²) in [5, 5.41) is 0. The molecule has 0 N–H and O–H groups in total. The molecule has 0 spiro atoms. The number of hydrogen-bond donors (Lipinski definition) is 0. The Hall–Kier alpha value is -1.34. The first-order chi connectivity index (χ1) is 6.40. The van der Waals surface area contributed by atoms with E-state index in [4.69, 9.17) is 5.53 Å². The van der Waals surface area contributed by atoms with E-state index in [9.17, 15) is 0 Å². The fourth-order valence-corrected chi connectivity index (χ4v) is 1.81. The summed E-state index contributed by atoms with van der Waals surface area (Å²) in [6.45, 7) is 2.34. The molecule has 3 heteroatoms. The summed E-state index contributed by atoms with van der Waals surface area (Å²) < 4.78 is 0. The number of rotatable bonds is 1. The van der Waals surface area contributed by atoms with Crippen LogP contribution >= 0.6 is 0 Å². The summed E-state index contributed by atoms with van der Waals surface area (Å²) in [6.07, 6.45) is 9.38. The van der Waals surface area contributed by atoms with E-state index in [-0.39, 0.29) is 0 Å². The van der Waals surface area contributed by atoms with E-state index in [0.717, 1.165) is 12.1 Å². The van der Waals surface area contributed by atoms with Crippen molar-refractivity contribution in [1.82, 2.24) is 4.90 Å². The molecular weight excluding hydrogens is 162 g/mol. The lowest BCUT2D eigenvalue weighted by atomic mass is 10.1. The number of hydrogen-bond acceptors (Lipinski definition) is 1. The van der Waals surface area contributed by atoms with E-state index in [0.29, 0.717) is 0 Å². The number of likely N-dealkylation sites (tertiary alicyclic amines) is 1. The second-order valence-corrected chi connectivity index (χ2v) is 3.45. The molecule has 1 heterocycles. The predicted molar refractivity (Wildman–Crippen MR) is 51.3 cm³/mol. The van der Waals surface area contributed by atoms with Crippen molar-refractivity contribution in [2.45, 2.75) is 19.3 Å². The molecule has 0 atom stereocenters. The topological polar surface area (TPSA) is 39.6 Å². The van der Waals surface area contributed by atoms with E-state index >= 15 is 0 Å². The zero-order valence-corrected chi connectivity index (χ0v) is 7.61. The van der Waals surface area contributed by atoms with Crippen LogP contribution in [0.15, 0.2) is 23.9 Å². The molecule has 1 aliphatic carbocycles. The van der Waals surface area contributed by atoms with Crippen molar-refractivity contribution in [3.8, 4) is 0 Å². The quantitative estimate of drug-likeness (QED) is 0.440. The second kappa shape index (κ2) is 3.58. The van der Waals surface area contributed by atoms with Crippen molar-refractivity contribution in [3.05, 3.63) is 29.5 Å². The molecule has 0 bridgehead atoms. The molecule has 1 fully saturated rings. The minimum Gasteiger partial charge on any atom is -0.372 e.